The number of nitrogens with zero attached hydrogens (tertiary/aromatic N) is 1. The van der Waals surface area contributed by atoms with E-state index >= 15 is 0 Å². The van der Waals surface area contributed by atoms with Crippen molar-refractivity contribution < 1.29 is 23.7 Å². The van der Waals surface area contributed by atoms with Gasteiger partial charge in [0.05, 0.1) is 34.0 Å². The number of aromatic nitrogens is 2. The number of H-pyrrole nitrogens is 1. The van der Waals surface area contributed by atoms with Gasteiger partial charge in [-0.1, -0.05) is 6.92 Å². The van der Waals surface area contributed by atoms with Gasteiger partial charge in [0.2, 0.25) is 11.5 Å². The first-order valence-corrected chi connectivity index (χ1v) is 8.48. The molecule has 0 aliphatic carbocycles. The van der Waals surface area contributed by atoms with E-state index in [9.17, 15) is 4.79 Å². The molecule has 0 unspecified atom stereocenters. The second kappa shape index (κ2) is 7.57. The Kier molecular flexibility index (Phi) is 5.21. The molecule has 7 nitrogen and oxygen atoms in total. The summed E-state index contributed by atoms with van der Waals surface area (Å²) in [5.74, 6) is 1.80. The van der Waals surface area contributed by atoms with Crippen molar-refractivity contribution in [3.63, 3.8) is 0 Å². The molecule has 1 aromatic heterocycles. The van der Waals surface area contributed by atoms with Crippen LogP contribution in [0, 0.1) is 0 Å². The largest absolute Gasteiger partial charge is 0.496 e. The van der Waals surface area contributed by atoms with Crippen LogP contribution in [0.4, 0.5) is 0 Å². The lowest BCUT2D eigenvalue weighted by Gasteiger charge is -2.13. The van der Waals surface area contributed by atoms with Gasteiger partial charge in [0.25, 0.3) is 0 Å². The Morgan fingerprint density at radius 2 is 1.59 bits per heavy atom. The number of hydrogen-bond donors (Lipinski definition) is 1. The maximum Gasteiger partial charge on any atom is 0.211 e. The molecule has 0 saturated carbocycles. The van der Waals surface area contributed by atoms with Crippen LogP contribution in [0.5, 0.6) is 23.0 Å². The molecule has 0 spiro atoms. The molecule has 27 heavy (non-hydrogen) atoms. The van der Waals surface area contributed by atoms with E-state index in [-0.39, 0.29) is 5.78 Å². The first-order chi connectivity index (χ1) is 13.1. The summed E-state index contributed by atoms with van der Waals surface area (Å²) in [5.41, 5.74) is 2.49. The van der Waals surface area contributed by atoms with Gasteiger partial charge in [-0.15, -0.1) is 0 Å². The molecular weight excluding hydrogens is 348 g/mol. The van der Waals surface area contributed by atoms with E-state index in [4.69, 9.17) is 18.9 Å². The lowest BCUT2D eigenvalue weighted by Crippen LogP contribution is -2.05. The van der Waals surface area contributed by atoms with Crippen molar-refractivity contribution in [3.8, 4) is 23.0 Å². The number of hydrogen-bond acceptors (Lipinski definition) is 6. The molecule has 0 fully saturated rings. The quantitative estimate of drug-likeness (QED) is 0.642. The van der Waals surface area contributed by atoms with Crippen LogP contribution in [0.25, 0.3) is 10.9 Å². The number of benzene rings is 2. The van der Waals surface area contributed by atoms with E-state index in [0.29, 0.717) is 28.5 Å². The Balaban J connectivity index is 2.14. The third kappa shape index (κ3) is 3.05. The maximum atomic E-state index is 13.2. The van der Waals surface area contributed by atoms with Gasteiger partial charge in [-0.05, 0) is 30.7 Å². The van der Waals surface area contributed by atoms with Crippen LogP contribution in [0.2, 0.25) is 0 Å². The molecule has 3 aromatic rings. The number of methoxy groups -OCH3 is 4. The van der Waals surface area contributed by atoms with Gasteiger partial charge in [0.1, 0.15) is 11.4 Å². The summed E-state index contributed by atoms with van der Waals surface area (Å²) in [6.07, 6.45) is 0.739. The lowest BCUT2D eigenvalue weighted by molar-refractivity contribution is 0.103. The van der Waals surface area contributed by atoms with Gasteiger partial charge < -0.3 is 18.9 Å². The fourth-order valence-corrected chi connectivity index (χ4v) is 3.18. The molecule has 0 bridgehead atoms. The van der Waals surface area contributed by atoms with E-state index in [2.05, 4.69) is 10.2 Å². The smallest absolute Gasteiger partial charge is 0.211 e. The highest BCUT2D eigenvalue weighted by atomic mass is 16.5. The highest BCUT2D eigenvalue weighted by Gasteiger charge is 2.22. The normalized spacial score (nSPS) is 10.7. The summed E-state index contributed by atoms with van der Waals surface area (Å²) in [6.45, 7) is 2.02. The third-order valence-corrected chi connectivity index (χ3v) is 4.52. The minimum absolute atomic E-state index is 0.219. The average Bonchev–Trinajstić information content (AvgIpc) is 3.15. The highest BCUT2D eigenvalue weighted by Crippen LogP contribution is 2.39. The second-order valence-corrected chi connectivity index (χ2v) is 5.84. The van der Waals surface area contributed by atoms with Crippen molar-refractivity contribution >= 4 is 16.7 Å². The zero-order valence-electron chi connectivity index (χ0n) is 16.0. The van der Waals surface area contributed by atoms with Gasteiger partial charge in [-0.2, -0.15) is 5.10 Å². The monoisotopic (exact) mass is 370 g/mol. The van der Waals surface area contributed by atoms with Gasteiger partial charge in [-0.25, -0.2) is 0 Å². The first kappa shape index (κ1) is 18.6. The molecule has 0 aliphatic heterocycles. The summed E-state index contributed by atoms with van der Waals surface area (Å²) < 4.78 is 21.4. The predicted octanol–water partition coefficient (Wildman–Crippen LogP) is 3.39. The number of aromatic amines is 1. The highest BCUT2D eigenvalue weighted by molar-refractivity contribution is 6.15. The molecule has 0 saturated heterocycles. The Bertz CT molecular complexity index is 968. The molecule has 142 valence electrons. The van der Waals surface area contributed by atoms with E-state index in [0.717, 1.165) is 28.6 Å². The van der Waals surface area contributed by atoms with Crippen molar-refractivity contribution in [2.75, 3.05) is 28.4 Å². The van der Waals surface area contributed by atoms with Crippen LogP contribution in [-0.4, -0.2) is 44.4 Å². The zero-order chi connectivity index (χ0) is 19.6. The van der Waals surface area contributed by atoms with Gasteiger partial charge in [0, 0.05) is 16.5 Å². The molecule has 0 atom stereocenters. The molecule has 0 radical (unpaired) electrons. The Labute approximate surface area is 157 Å². The second-order valence-electron chi connectivity index (χ2n) is 5.84. The van der Waals surface area contributed by atoms with E-state index in [1.165, 1.54) is 21.3 Å². The maximum absolute atomic E-state index is 13.2. The zero-order valence-corrected chi connectivity index (χ0v) is 16.0. The molecular formula is C20H22N2O5. The minimum atomic E-state index is -0.219. The Morgan fingerprint density at radius 3 is 2.11 bits per heavy atom. The van der Waals surface area contributed by atoms with Gasteiger partial charge in [0.15, 0.2) is 11.5 Å². The van der Waals surface area contributed by atoms with Crippen LogP contribution in [0.15, 0.2) is 24.3 Å². The standard InChI is InChI=1S/C20H22N2O5/c1-6-12-14(24-2)8-7-13-17(12)21-22-18(13)19(23)11-9-15(25-3)20(27-5)16(10-11)26-4/h7-10H,6H2,1-5H3,(H,21,22). The van der Waals surface area contributed by atoms with Crippen LogP contribution in [0.3, 0.4) is 0 Å². The van der Waals surface area contributed by atoms with E-state index < -0.39 is 0 Å². The van der Waals surface area contributed by atoms with Crippen molar-refractivity contribution in [1.82, 2.24) is 10.2 Å². The molecule has 1 heterocycles. The SMILES string of the molecule is CCc1c(OC)ccc2c(C(=O)c3cc(OC)c(OC)c(OC)c3)[nH]nc12. The Morgan fingerprint density at radius 1 is 0.963 bits per heavy atom. The number of ether oxygens (including phenoxy) is 4. The fraction of sp³-hybridized carbons (Fsp3) is 0.300. The summed E-state index contributed by atoms with van der Waals surface area (Å²) in [4.78, 5) is 13.2. The lowest BCUT2D eigenvalue weighted by atomic mass is 10.0. The number of ketones is 1. The molecule has 0 amide bonds. The summed E-state index contributed by atoms with van der Waals surface area (Å²) >= 11 is 0. The number of rotatable bonds is 7. The van der Waals surface area contributed by atoms with Crippen LogP contribution < -0.4 is 18.9 Å². The topological polar surface area (TPSA) is 82.7 Å². The molecule has 2 aromatic carbocycles. The molecule has 1 N–H and O–H groups in total. The fourth-order valence-electron chi connectivity index (χ4n) is 3.18. The van der Waals surface area contributed by atoms with Gasteiger partial charge >= 0.3 is 0 Å². The Hall–Kier alpha value is -3.22. The summed E-state index contributed by atoms with van der Waals surface area (Å²) in [5, 5.41) is 7.97. The third-order valence-electron chi connectivity index (χ3n) is 4.52. The predicted molar refractivity (Wildman–Crippen MR) is 102 cm³/mol. The number of fused-ring (bicyclic) bond motifs is 1. The van der Waals surface area contributed by atoms with Crippen LogP contribution in [-0.2, 0) is 6.42 Å². The van der Waals surface area contributed by atoms with E-state index in [1.54, 1.807) is 19.2 Å². The summed E-state index contributed by atoms with van der Waals surface area (Å²) in [6, 6.07) is 6.94. The van der Waals surface area contributed by atoms with Crippen LogP contribution in [0.1, 0.15) is 28.5 Å². The number of carbonyl (C=O) groups is 1. The van der Waals surface area contributed by atoms with Crippen molar-refractivity contribution in [1.29, 1.82) is 0 Å². The number of nitrogens with one attached hydrogen (secondary N) is 1. The average molecular weight is 370 g/mol. The molecule has 7 heteroatoms. The van der Waals surface area contributed by atoms with Crippen LogP contribution >= 0.6 is 0 Å². The molecule has 3 rings (SSSR count). The minimum Gasteiger partial charge on any atom is -0.496 e. The number of aryl methyl sites for hydroxylation is 1. The van der Waals surface area contributed by atoms with Crippen molar-refractivity contribution in [2.24, 2.45) is 0 Å². The summed E-state index contributed by atoms with van der Waals surface area (Å²) in [7, 11) is 6.16. The molecule has 0 aliphatic rings. The van der Waals surface area contributed by atoms with Crippen molar-refractivity contribution in [3.05, 3.63) is 41.1 Å². The number of carbonyl (C=O) groups excluding carboxylic acids is 1. The van der Waals surface area contributed by atoms with Gasteiger partial charge in [-0.3, -0.25) is 9.89 Å². The van der Waals surface area contributed by atoms with Crippen molar-refractivity contribution in [2.45, 2.75) is 13.3 Å². The first-order valence-electron chi connectivity index (χ1n) is 8.48. The van der Waals surface area contributed by atoms with E-state index in [1.807, 2.05) is 19.1 Å².